The predicted octanol–water partition coefficient (Wildman–Crippen LogP) is 3.40. The zero-order valence-corrected chi connectivity index (χ0v) is 9.16. The van der Waals surface area contributed by atoms with E-state index >= 15 is 0 Å². The smallest absolute Gasteiger partial charge is 0.0397 e. The molecule has 2 rings (SSSR count). The van der Waals surface area contributed by atoms with Crippen molar-refractivity contribution < 1.29 is 0 Å². The third-order valence-electron chi connectivity index (χ3n) is 2.75. The Kier molecular flexibility index (Phi) is 3.23. The van der Waals surface area contributed by atoms with Gasteiger partial charge in [-0.2, -0.15) is 0 Å². The van der Waals surface area contributed by atoms with Crippen LogP contribution >= 0.6 is 0 Å². The Hall–Kier alpha value is -1.50. The number of hydrogen-bond donors (Lipinski definition) is 1. The van der Waals surface area contributed by atoms with Gasteiger partial charge in [0.05, 0.1) is 0 Å². The van der Waals surface area contributed by atoms with Gasteiger partial charge in [-0.25, -0.2) is 0 Å². The van der Waals surface area contributed by atoms with Gasteiger partial charge in [0.2, 0.25) is 0 Å². The van der Waals surface area contributed by atoms with Gasteiger partial charge in [0.25, 0.3) is 0 Å². The van der Waals surface area contributed by atoms with E-state index in [4.69, 9.17) is 0 Å². The van der Waals surface area contributed by atoms with E-state index in [9.17, 15) is 0 Å². The van der Waals surface area contributed by atoms with Gasteiger partial charge in [-0.05, 0) is 30.9 Å². The van der Waals surface area contributed by atoms with Gasteiger partial charge in [0, 0.05) is 12.2 Å². The standard InChI is InChI=1S/C14H17N/c1-12-7-5-6-10-14(12)15-11-13-8-3-2-4-9-13/h2-5,7-9,15H,6,10-11H2,1H3. The van der Waals surface area contributed by atoms with Crippen molar-refractivity contribution in [3.8, 4) is 0 Å². The Bertz CT molecular complexity index is 374. The molecule has 0 saturated carbocycles. The molecule has 0 bridgehead atoms. The van der Waals surface area contributed by atoms with E-state index in [0.717, 1.165) is 19.4 Å². The normalized spacial score (nSPS) is 15.5. The molecule has 0 atom stereocenters. The van der Waals surface area contributed by atoms with Crippen LogP contribution in [0.1, 0.15) is 25.3 Å². The Balaban J connectivity index is 1.96. The van der Waals surface area contributed by atoms with Gasteiger partial charge >= 0.3 is 0 Å². The van der Waals surface area contributed by atoms with Gasteiger partial charge in [-0.3, -0.25) is 0 Å². The average Bonchev–Trinajstić information content (AvgIpc) is 2.29. The third kappa shape index (κ3) is 2.72. The molecule has 1 heteroatoms. The summed E-state index contributed by atoms with van der Waals surface area (Å²) in [5.74, 6) is 0. The number of hydrogen-bond acceptors (Lipinski definition) is 1. The van der Waals surface area contributed by atoms with Crippen LogP contribution < -0.4 is 5.32 Å². The molecule has 0 heterocycles. The summed E-state index contributed by atoms with van der Waals surface area (Å²) in [5.41, 5.74) is 4.10. The van der Waals surface area contributed by atoms with Gasteiger partial charge in [-0.15, -0.1) is 0 Å². The molecule has 0 spiro atoms. The fourth-order valence-corrected chi connectivity index (χ4v) is 1.82. The summed E-state index contributed by atoms with van der Waals surface area (Å²) < 4.78 is 0. The summed E-state index contributed by atoms with van der Waals surface area (Å²) in [4.78, 5) is 0. The highest BCUT2D eigenvalue weighted by Crippen LogP contribution is 2.16. The molecule has 1 N–H and O–H groups in total. The second-order valence-corrected chi connectivity index (χ2v) is 3.94. The fraction of sp³-hybridized carbons (Fsp3) is 0.286. The molecule has 0 radical (unpaired) electrons. The van der Waals surface area contributed by atoms with Crippen molar-refractivity contribution in [2.45, 2.75) is 26.3 Å². The van der Waals surface area contributed by atoms with Crippen molar-refractivity contribution in [1.29, 1.82) is 0 Å². The zero-order chi connectivity index (χ0) is 10.5. The Morgan fingerprint density at radius 3 is 2.73 bits per heavy atom. The number of nitrogens with one attached hydrogen (secondary N) is 1. The van der Waals surface area contributed by atoms with Crippen molar-refractivity contribution in [3.05, 3.63) is 59.3 Å². The molecule has 0 fully saturated rings. The molecule has 1 nitrogen and oxygen atoms in total. The van der Waals surface area contributed by atoms with Gasteiger partial charge in [0.15, 0.2) is 0 Å². The molecule has 0 amide bonds. The highest BCUT2D eigenvalue weighted by Gasteiger charge is 2.03. The molecule has 0 saturated heterocycles. The van der Waals surface area contributed by atoms with Crippen molar-refractivity contribution in [3.63, 3.8) is 0 Å². The van der Waals surface area contributed by atoms with Crippen LogP contribution in [0.25, 0.3) is 0 Å². The Morgan fingerprint density at radius 2 is 2.00 bits per heavy atom. The van der Waals surface area contributed by atoms with Crippen LogP contribution in [0.3, 0.4) is 0 Å². The fourth-order valence-electron chi connectivity index (χ4n) is 1.82. The Labute approximate surface area is 91.5 Å². The highest BCUT2D eigenvalue weighted by molar-refractivity contribution is 5.27. The van der Waals surface area contributed by atoms with E-state index in [1.807, 2.05) is 0 Å². The van der Waals surface area contributed by atoms with E-state index in [1.54, 1.807) is 0 Å². The average molecular weight is 199 g/mol. The van der Waals surface area contributed by atoms with Crippen molar-refractivity contribution in [2.75, 3.05) is 0 Å². The maximum absolute atomic E-state index is 3.52. The van der Waals surface area contributed by atoms with E-state index in [-0.39, 0.29) is 0 Å². The van der Waals surface area contributed by atoms with Crippen LogP contribution in [0.4, 0.5) is 0 Å². The lowest BCUT2D eigenvalue weighted by atomic mass is 10.0. The minimum atomic E-state index is 0.932. The molecule has 1 aliphatic carbocycles. The molecular weight excluding hydrogens is 182 g/mol. The second kappa shape index (κ2) is 4.83. The first-order valence-electron chi connectivity index (χ1n) is 5.50. The molecule has 1 aromatic rings. The van der Waals surface area contributed by atoms with Gasteiger partial charge in [0.1, 0.15) is 0 Å². The van der Waals surface area contributed by atoms with E-state index in [0.29, 0.717) is 0 Å². The number of benzene rings is 1. The van der Waals surface area contributed by atoms with Crippen LogP contribution in [-0.4, -0.2) is 0 Å². The molecule has 0 aromatic heterocycles. The maximum atomic E-state index is 3.52. The Morgan fingerprint density at radius 1 is 1.20 bits per heavy atom. The monoisotopic (exact) mass is 199 g/mol. The first-order valence-corrected chi connectivity index (χ1v) is 5.50. The number of rotatable bonds is 3. The SMILES string of the molecule is CC1=C(NCc2ccccc2)CCC=C1. The van der Waals surface area contributed by atoms with Crippen molar-refractivity contribution in [1.82, 2.24) is 5.32 Å². The lowest BCUT2D eigenvalue weighted by Crippen LogP contribution is -2.15. The molecule has 1 aliphatic rings. The van der Waals surface area contributed by atoms with Gasteiger partial charge < -0.3 is 5.32 Å². The van der Waals surface area contributed by atoms with Crippen LogP contribution in [0, 0.1) is 0 Å². The minimum absolute atomic E-state index is 0.932. The van der Waals surface area contributed by atoms with Crippen molar-refractivity contribution in [2.24, 2.45) is 0 Å². The first-order chi connectivity index (χ1) is 7.36. The van der Waals surface area contributed by atoms with Crippen LogP contribution in [0.5, 0.6) is 0 Å². The molecule has 78 valence electrons. The lowest BCUT2D eigenvalue weighted by Gasteiger charge is -2.15. The molecular formula is C14H17N. The molecule has 15 heavy (non-hydrogen) atoms. The van der Waals surface area contributed by atoms with Crippen LogP contribution in [-0.2, 0) is 6.54 Å². The maximum Gasteiger partial charge on any atom is 0.0397 e. The quantitative estimate of drug-likeness (QED) is 0.786. The summed E-state index contributed by atoms with van der Waals surface area (Å²) in [6, 6.07) is 10.5. The van der Waals surface area contributed by atoms with E-state index < -0.39 is 0 Å². The first kappa shape index (κ1) is 10.0. The van der Waals surface area contributed by atoms with E-state index in [1.165, 1.54) is 16.8 Å². The van der Waals surface area contributed by atoms with E-state index in [2.05, 4.69) is 54.7 Å². The second-order valence-electron chi connectivity index (χ2n) is 3.94. The van der Waals surface area contributed by atoms with Crippen LogP contribution in [0.2, 0.25) is 0 Å². The zero-order valence-electron chi connectivity index (χ0n) is 9.16. The van der Waals surface area contributed by atoms with Crippen molar-refractivity contribution >= 4 is 0 Å². The molecule has 1 aromatic carbocycles. The summed E-state index contributed by atoms with van der Waals surface area (Å²) >= 11 is 0. The summed E-state index contributed by atoms with van der Waals surface area (Å²) in [6.07, 6.45) is 6.75. The summed E-state index contributed by atoms with van der Waals surface area (Å²) in [6.45, 7) is 3.10. The minimum Gasteiger partial charge on any atom is -0.384 e. The lowest BCUT2D eigenvalue weighted by molar-refractivity contribution is 0.735. The highest BCUT2D eigenvalue weighted by atomic mass is 14.9. The molecule has 0 aliphatic heterocycles. The topological polar surface area (TPSA) is 12.0 Å². The largest absolute Gasteiger partial charge is 0.384 e. The predicted molar refractivity (Wildman–Crippen MR) is 64.4 cm³/mol. The molecule has 0 unspecified atom stereocenters. The van der Waals surface area contributed by atoms with Crippen LogP contribution in [0.15, 0.2) is 53.8 Å². The third-order valence-corrected chi connectivity index (χ3v) is 2.75. The van der Waals surface area contributed by atoms with Gasteiger partial charge in [-0.1, -0.05) is 42.5 Å². The summed E-state index contributed by atoms with van der Waals surface area (Å²) in [7, 11) is 0. The number of allylic oxidation sites excluding steroid dienone is 4. The summed E-state index contributed by atoms with van der Waals surface area (Å²) in [5, 5.41) is 3.52.